The molecular formula is C12H14N2O. The van der Waals surface area contributed by atoms with E-state index >= 15 is 0 Å². The monoisotopic (exact) mass is 202 g/mol. The first-order chi connectivity index (χ1) is 7.29. The Morgan fingerprint density at radius 1 is 1.40 bits per heavy atom. The van der Waals surface area contributed by atoms with Crippen molar-refractivity contribution in [1.29, 1.82) is 5.26 Å². The van der Waals surface area contributed by atoms with Crippen molar-refractivity contribution in [3.63, 3.8) is 0 Å². The molecule has 1 aliphatic rings. The minimum atomic E-state index is -0.254. The lowest BCUT2D eigenvalue weighted by Gasteiger charge is -2.17. The van der Waals surface area contributed by atoms with Gasteiger partial charge in [-0.1, -0.05) is 6.07 Å². The smallest absolute Gasteiger partial charge is 0.0992 e. The van der Waals surface area contributed by atoms with Crippen molar-refractivity contribution in [2.45, 2.75) is 31.4 Å². The fourth-order valence-corrected chi connectivity index (χ4v) is 2.00. The molecule has 3 heteroatoms. The molecule has 0 unspecified atom stereocenters. The third-order valence-corrected chi connectivity index (χ3v) is 2.82. The van der Waals surface area contributed by atoms with Gasteiger partial charge < -0.3 is 10.4 Å². The summed E-state index contributed by atoms with van der Waals surface area (Å²) in [6, 6.07) is 9.60. The summed E-state index contributed by atoms with van der Waals surface area (Å²) >= 11 is 0. The van der Waals surface area contributed by atoms with Gasteiger partial charge in [-0.15, -0.1) is 0 Å². The van der Waals surface area contributed by atoms with Crippen molar-refractivity contribution >= 4 is 5.69 Å². The second-order valence-corrected chi connectivity index (χ2v) is 3.94. The van der Waals surface area contributed by atoms with Crippen LogP contribution in [-0.2, 0) is 0 Å². The molecule has 1 aromatic rings. The number of nitriles is 1. The van der Waals surface area contributed by atoms with E-state index in [9.17, 15) is 5.11 Å². The minimum Gasteiger partial charge on any atom is -0.391 e. The summed E-state index contributed by atoms with van der Waals surface area (Å²) in [6.07, 6.45) is 2.68. The number of nitrogens with one attached hydrogen (secondary N) is 1. The van der Waals surface area contributed by atoms with Crippen LogP contribution in [0.15, 0.2) is 24.3 Å². The van der Waals surface area contributed by atoms with E-state index < -0.39 is 0 Å². The van der Waals surface area contributed by atoms with Crippen molar-refractivity contribution in [3.05, 3.63) is 29.8 Å². The molecule has 1 saturated carbocycles. The first-order valence-corrected chi connectivity index (χ1v) is 5.24. The van der Waals surface area contributed by atoms with Crippen LogP contribution in [0.5, 0.6) is 0 Å². The number of hydrogen-bond donors (Lipinski definition) is 2. The summed E-state index contributed by atoms with van der Waals surface area (Å²) in [5, 5.41) is 21.7. The Kier molecular flexibility index (Phi) is 2.89. The maximum absolute atomic E-state index is 9.65. The van der Waals surface area contributed by atoms with E-state index in [4.69, 9.17) is 5.26 Å². The van der Waals surface area contributed by atoms with Crippen LogP contribution in [0.25, 0.3) is 0 Å². The Labute approximate surface area is 89.4 Å². The number of anilines is 1. The normalized spacial score (nSPS) is 24.8. The van der Waals surface area contributed by atoms with Crippen molar-refractivity contribution in [3.8, 4) is 6.07 Å². The van der Waals surface area contributed by atoms with Crippen LogP contribution in [0.1, 0.15) is 24.8 Å². The van der Waals surface area contributed by atoms with Crippen molar-refractivity contribution < 1.29 is 5.11 Å². The molecule has 2 rings (SSSR count). The van der Waals surface area contributed by atoms with Gasteiger partial charge in [0.2, 0.25) is 0 Å². The zero-order valence-electron chi connectivity index (χ0n) is 8.48. The lowest BCUT2D eigenvalue weighted by molar-refractivity contribution is 0.172. The first-order valence-electron chi connectivity index (χ1n) is 5.24. The topological polar surface area (TPSA) is 56.0 Å². The summed E-state index contributed by atoms with van der Waals surface area (Å²) in [6.45, 7) is 0. The molecule has 0 radical (unpaired) electrons. The maximum Gasteiger partial charge on any atom is 0.0992 e. The van der Waals surface area contributed by atoms with Crippen LogP contribution in [0, 0.1) is 11.3 Å². The molecule has 0 saturated heterocycles. The zero-order valence-corrected chi connectivity index (χ0v) is 8.48. The second-order valence-electron chi connectivity index (χ2n) is 3.94. The number of aliphatic hydroxyl groups is 1. The van der Waals surface area contributed by atoms with Gasteiger partial charge in [0.15, 0.2) is 0 Å². The van der Waals surface area contributed by atoms with E-state index in [1.54, 1.807) is 6.07 Å². The molecular weight excluding hydrogens is 188 g/mol. The minimum absolute atomic E-state index is 0.138. The van der Waals surface area contributed by atoms with Gasteiger partial charge in [-0.25, -0.2) is 0 Å². The molecule has 0 heterocycles. The van der Waals surface area contributed by atoms with E-state index in [1.807, 2.05) is 18.2 Å². The molecule has 2 atom stereocenters. The Bertz CT molecular complexity index is 383. The number of aliphatic hydroxyl groups excluding tert-OH is 1. The summed E-state index contributed by atoms with van der Waals surface area (Å²) in [4.78, 5) is 0. The third-order valence-electron chi connectivity index (χ3n) is 2.82. The van der Waals surface area contributed by atoms with Crippen LogP contribution in [0.2, 0.25) is 0 Å². The number of rotatable bonds is 2. The molecule has 0 aromatic heterocycles. The number of nitrogens with zero attached hydrogens (tertiary/aromatic N) is 1. The second kappa shape index (κ2) is 4.33. The lowest BCUT2D eigenvalue weighted by atomic mass is 10.1. The van der Waals surface area contributed by atoms with E-state index in [0.29, 0.717) is 5.56 Å². The summed E-state index contributed by atoms with van der Waals surface area (Å²) < 4.78 is 0. The van der Waals surface area contributed by atoms with Gasteiger partial charge in [0.25, 0.3) is 0 Å². The largest absolute Gasteiger partial charge is 0.391 e. The van der Waals surface area contributed by atoms with Crippen LogP contribution < -0.4 is 5.32 Å². The van der Waals surface area contributed by atoms with Gasteiger partial charge >= 0.3 is 0 Å². The highest BCUT2D eigenvalue weighted by Crippen LogP contribution is 2.23. The van der Waals surface area contributed by atoms with Crippen molar-refractivity contribution in [2.75, 3.05) is 5.32 Å². The van der Waals surface area contributed by atoms with E-state index in [1.165, 1.54) is 0 Å². The van der Waals surface area contributed by atoms with Gasteiger partial charge in [-0.05, 0) is 37.5 Å². The molecule has 1 aliphatic carbocycles. The number of hydrogen-bond acceptors (Lipinski definition) is 3. The average Bonchev–Trinajstić information content (AvgIpc) is 2.65. The quantitative estimate of drug-likeness (QED) is 0.770. The van der Waals surface area contributed by atoms with Crippen LogP contribution in [0.3, 0.4) is 0 Å². The average molecular weight is 202 g/mol. The molecule has 15 heavy (non-hydrogen) atoms. The van der Waals surface area contributed by atoms with Crippen molar-refractivity contribution in [1.82, 2.24) is 0 Å². The van der Waals surface area contributed by atoms with Crippen LogP contribution in [0.4, 0.5) is 5.69 Å². The molecule has 1 fully saturated rings. The van der Waals surface area contributed by atoms with Gasteiger partial charge in [0.05, 0.1) is 23.8 Å². The highest BCUT2D eigenvalue weighted by molar-refractivity contribution is 5.50. The van der Waals surface area contributed by atoms with Crippen LogP contribution in [-0.4, -0.2) is 17.3 Å². The lowest BCUT2D eigenvalue weighted by Crippen LogP contribution is -2.27. The van der Waals surface area contributed by atoms with Gasteiger partial charge in [-0.3, -0.25) is 0 Å². The van der Waals surface area contributed by atoms with Gasteiger partial charge in [-0.2, -0.15) is 5.26 Å². The van der Waals surface area contributed by atoms with E-state index in [0.717, 1.165) is 24.9 Å². The molecule has 78 valence electrons. The van der Waals surface area contributed by atoms with Crippen LogP contribution >= 0.6 is 0 Å². The highest BCUT2D eigenvalue weighted by Gasteiger charge is 2.24. The highest BCUT2D eigenvalue weighted by atomic mass is 16.3. The molecule has 0 spiro atoms. The van der Waals surface area contributed by atoms with Gasteiger partial charge in [0, 0.05) is 5.69 Å². The Morgan fingerprint density at radius 3 is 2.93 bits per heavy atom. The van der Waals surface area contributed by atoms with Gasteiger partial charge in [0.1, 0.15) is 0 Å². The van der Waals surface area contributed by atoms with E-state index in [2.05, 4.69) is 11.4 Å². The summed E-state index contributed by atoms with van der Waals surface area (Å²) in [5.41, 5.74) is 1.56. The molecule has 0 aliphatic heterocycles. The van der Waals surface area contributed by atoms with Crippen molar-refractivity contribution in [2.24, 2.45) is 0 Å². The molecule has 3 nitrogen and oxygen atoms in total. The maximum atomic E-state index is 9.65. The Balaban J connectivity index is 2.07. The molecule has 0 bridgehead atoms. The molecule has 0 amide bonds. The predicted octanol–water partition coefficient (Wildman–Crippen LogP) is 1.88. The first kappa shape index (κ1) is 10.0. The zero-order chi connectivity index (χ0) is 10.7. The third kappa shape index (κ3) is 2.28. The standard InChI is InChI=1S/C12H14N2O/c13-8-9-3-1-4-10(7-9)14-11-5-2-6-12(11)15/h1,3-4,7,11-12,14-15H,2,5-6H2/t11-,12-/m1/s1. The molecule has 1 aromatic carbocycles. The summed E-state index contributed by atoms with van der Waals surface area (Å²) in [7, 11) is 0. The predicted molar refractivity (Wildman–Crippen MR) is 58.4 cm³/mol. The Morgan fingerprint density at radius 2 is 2.27 bits per heavy atom. The SMILES string of the molecule is N#Cc1cccc(N[C@@H]2CCC[C@H]2O)c1. The van der Waals surface area contributed by atoms with E-state index in [-0.39, 0.29) is 12.1 Å². The Hall–Kier alpha value is -1.53. The fraction of sp³-hybridized carbons (Fsp3) is 0.417. The molecule has 2 N–H and O–H groups in total. The number of benzene rings is 1. The fourth-order valence-electron chi connectivity index (χ4n) is 2.00. The summed E-state index contributed by atoms with van der Waals surface area (Å²) in [5.74, 6) is 0.